The topological polar surface area (TPSA) is 125 Å². The average Bonchev–Trinajstić information content (AvgIpc) is 2.56. The van der Waals surface area contributed by atoms with Crippen molar-refractivity contribution >= 4 is 11.9 Å². The van der Waals surface area contributed by atoms with Gasteiger partial charge in [-0.25, -0.2) is 9.59 Å². The van der Waals surface area contributed by atoms with E-state index < -0.39 is 24.0 Å². The summed E-state index contributed by atoms with van der Waals surface area (Å²) >= 11 is 0. The third kappa shape index (κ3) is 9.52. The number of azo groups is 1. The molecule has 0 amide bonds. The molecule has 0 saturated heterocycles. The van der Waals surface area contributed by atoms with Crippen LogP contribution >= 0.6 is 0 Å². The Morgan fingerprint density at radius 2 is 1.25 bits per heavy atom. The fourth-order valence-electron chi connectivity index (χ4n) is 1.83. The zero-order chi connectivity index (χ0) is 18.2. The first-order valence-corrected chi connectivity index (χ1v) is 8.07. The number of carbonyl (C=O) groups excluding carboxylic acids is 2. The summed E-state index contributed by atoms with van der Waals surface area (Å²) in [5.41, 5.74) is 0. The molecular formula is C16H24N4O4. The van der Waals surface area contributed by atoms with Crippen LogP contribution in [0.4, 0.5) is 0 Å². The third-order valence-corrected chi connectivity index (χ3v) is 3.00. The molecule has 0 saturated carbocycles. The van der Waals surface area contributed by atoms with Gasteiger partial charge in [-0.15, -0.1) is 0 Å². The van der Waals surface area contributed by atoms with E-state index in [9.17, 15) is 9.59 Å². The van der Waals surface area contributed by atoms with Crippen molar-refractivity contribution in [2.45, 2.75) is 64.5 Å². The minimum absolute atomic E-state index is 0.215. The Balaban J connectivity index is 4.95. The van der Waals surface area contributed by atoms with Gasteiger partial charge >= 0.3 is 11.9 Å². The van der Waals surface area contributed by atoms with E-state index >= 15 is 0 Å². The van der Waals surface area contributed by atoms with Gasteiger partial charge < -0.3 is 9.47 Å². The molecule has 0 spiro atoms. The van der Waals surface area contributed by atoms with Crippen molar-refractivity contribution in [3.05, 3.63) is 0 Å². The maximum atomic E-state index is 11.9. The van der Waals surface area contributed by atoms with E-state index in [1.807, 2.05) is 12.1 Å². The predicted molar refractivity (Wildman–Crippen MR) is 84.6 cm³/mol. The van der Waals surface area contributed by atoms with Crippen molar-refractivity contribution in [3.63, 3.8) is 0 Å². The van der Waals surface area contributed by atoms with Gasteiger partial charge in [0.2, 0.25) is 0 Å². The highest BCUT2D eigenvalue weighted by atomic mass is 16.5. The van der Waals surface area contributed by atoms with Crippen LogP contribution in [-0.2, 0) is 19.1 Å². The Kier molecular flexibility index (Phi) is 12.7. The summed E-state index contributed by atoms with van der Waals surface area (Å²) in [7, 11) is 0. The first kappa shape index (κ1) is 21.5. The summed E-state index contributed by atoms with van der Waals surface area (Å²) in [6.07, 6.45) is 2.21. The Labute approximate surface area is 142 Å². The Bertz CT molecular complexity index is 449. The normalized spacial score (nSPS) is 12.8. The van der Waals surface area contributed by atoms with E-state index in [1.165, 1.54) is 0 Å². The number of unbranched alkanes of at least 4 members (excludes halogenated alkanes) is 2. The molecule has 2 unspecified atom stereocenters. The largest absolute Gasteiger partial charge is 0.464 e. The minimum Gasteiger partial charge on any atom is -0.464 e. The average molecular weight is 336 g/mol. The van der Waals surface area contributed by atoms with Crippen LogP contribution in [0.2, 0.25) is 0 Å². The second-order valence-corrected chi connectivity index (χ2v) is 4.87. The number of nitrogens with zero attached hydrogens (tertiary/aromatic N) is 4. The quantitative estimate of drug-likeness (QED) is 0.306. The highest BCUT2D eigenvalue weighted by molar-refractivity contribution is 5.77. The van der Waals surface area contributed by atoms with Gasteiger partial charge in [0, 0.05) is 12.8 Å². The van der Waals surface area contributed by atoms with E-state index in [0.717, 1.165) is 0 Å². The first-order valence-electron chi connectivity index (χ1n) is 8.07. The summed E-state index contributed by atoms with van der Waals surface area (Å²) in [5.74, 6) is -1.06. The molecule has 0 aliphatic heterocycles. The van der Waals surface area contributed by atoms with Gasteiger partial charge in [-0.3, -0.25) is 0 Å². The fraction of sp³-hybridized carbons (Fsp3) is 0.750. The van der Waals surface area contributed by atoms with Crippen LogP contribution in [0.3, 0.4) is 0 Å². The summed E-state index contributed by atoms with van der Waals surface area (Å²) in [4.78, 5) is 23.8. The van der Waals surface area contributed by atoms with Crippen molar-refractivity contribution in [1.82, 2.24) is 0 Å². The molecule has 0 aromatic heterocycles. The second kappa shape index (κ2) is 14.1. The van der Waals surface area contributed by atoms with Crippen LogP contribution in [-0.4, -0.2) is 37.2 Å². The van der Waals surface area contributed by atoms with Gasteiger partial charge in [-0.05, 0) is 39.5 Å². The Morgan fingerprint density at radius 3 is 1.54 bits per heavy atom. The lowest BCUT2D eigenvalue weighted by molar-refractivity contribution is -0.146. The number of ether oxygens (including phenoxy) is 2. The molecule has 8 heteroatoms. The molecule has 0 aromatic rings. The van der Waals surface area contributed by atoms with Crippen LogP contribution in [0.1, 0.15) is 52.4 Å². The zero-order valence-electron chi connectivity index (χ0n) is 14.2. The SMILES string of the molecule is CCOC(=O)C(CCCC#N)N=NC(CCCC#N)C(=O)OCC. The van der Waals surface area contributed by atoms with Gasteiger partial charge in [-0.1, -0.05) is 0 Å². The first-order chi connectivity index (χ1) is 11.6. The molecule has 24 heavy (non-hydrogen) atoms. The summed E-state index contributed by atoms with van der Waals surface area (Å²) in [6, 6.07) is 2.32. The molecule has 0 radical (unpaired) electrons. The smallest absolute Gasteiger partial charge is 0.332 e. The van der Waals surface area contributed by atoms with E-state index in [4.69, 9.17) is 20.0 Å². The molecule has 0 N–H and O–H groups in total. The highest BCUT2D eigenvalue weighted by Crippen LogP contribution is 2.12. The van der Waals surface area contributed by atoms with Gasteiger partial charge in [0.1, 0.15) is 0 Å². The van der Waals surface area contributed by atoms with Gasteiger partial charge in [-0.2, -0.15) is 20.8 Å². The molecule has 8 nitrogen and oxygen atoms in total. The number of carbonyl (C=O) groups is 2. The van der Waals surface area contributed by atoms with E-state index in [2.05, 4.69) is 10.2 Å². The second-order valence-electron chi connectivity index (χ2n) is 4.87. The monoisotopic (exact) mass is 336 g/mol. The van der Waals surface area contributed by atoms with Crippen molar-refractivity contribution < 1.29 is 19.1 Å². The van der Waals surface area contributed by atoms with Crippen LogP contribution in [0.15, 0.2) is 10.2 Å². The summed E-state index contributed by atoms with van der Waals surface area (Å²) in [6.45, 7) is 3.80. The lowest BCUT2D eigenvalue weighted by Gasteiger charge is -2.12. The van der Waals surface area contributed by atoms with E-state index in [1.54, 1.807) is 13.8 Å². The maximum absolute atomic E-state index is 11.9. The van der Waals surface area contributed by atoms with E-state index in [0.29, 0.717) is 38.5 Å². The standard InChI is InChI=1S/C16H24N4O4/c1-3-23-15(21)13(9-5-7-11-17)19-20-14(10-6-8-12-18)16(22)24-4-2/h13-14H,3-10H2,1-2H3. The lowest BCUT2D eigenvalue weighted by Crippen LogP contribution is -2.24. The van der Waals surface area contributed by atoms with Crippen molar-refractivity contribution in [2.75, 3.05) is 13.2 Å². The number of nitriles is 2. The van der Waals surface area contributed by atoms with Crippen LogP contribution in [0.25, 0.3) is 0 Å². The van der Waals surface area contributed by atoms with Gasteiger partial charge in [0.15, 0.2) is 12.1 Å². The number of hydrogen-bond acceptors (Lipinski definition) is 8. The van der Waals surface area contributed by atoms with Gasteiger partial charge in [0.25, 0.3) is 0 Å². The maximum Gasteiger partial charge on any atom is 0.332 e. The molecule has 0 heterocycles. The Hall–Kier alpha value is -2.48. The third-order valence-electron chi connectivity index (χ3n) is 3.00. The van der Waals surface area contributed by atoms with Crippen molar-refractivity contribution in [3.8, 4) is 12.1 Å². The molecular weight excluding hydrogens is 312 g/mol. The number of hydrogen-bond donors (Lipinski definition) is 0. The molecule has 0 bridgehead atoms. The number of esters is 2. The summed E-state index contributed by atoms with van der Waals surface area (Å²) < 4.78 is 9.88. The van der Waals surface area contributed by atoms with Crippen LogP contribution < -0.4 is 0 Å². The highest BCUT2D eigenvalue weighted by Gasteiger charge is 2.23. The molecule has 0 aliphatic rings. The van der Waals surface area contributed by atoms with Gasteiger partial charge in [0.05, 0.1) is 25.4 Å². The molecule has 0 aliphatic carbocycles. The number of rotatable bonds is 12. The van der Waals surface area contributed by atoms with Crippen molar-refractivity contribution in [1.29, 1.82) is 10.5 Å². The molecule has 132 valence electrons. The minimum atomic E-state index is -0.841. The predicted octanol–water partition coefficient (Wildman–Crippen LogP) is 2.69. The van der Waals surface area contributed by atoms with Crippen molar-refractivity contribution in [2.24, 2.45) is 10.2 Å². The van der Waals surface area contributed by atoms with E-state index in [-0.39, 0.29) is 13.2 Å². The Morgan fingerprint density at radius 1 is 0.875 bits per heavy atom. The summed E-state index contributed by atoms with van der Waals surface area (Å²) in [5, 5.41) is 25.1. The molecule has 2 atom stereocenters. The fourth-order valence-corrected chi connectivity index (χ4v) is 1.83. The molecule has 0 fully saturated rings. The van der Waals surface area contributed by atoms with Crippen LogP contribution in [0, 0.1) is 22.7 Å². The zero-order valence-corrected chi connectivity index (χ0v) is 14.2. The van der Waals surface area contributed by atoms with Crippen LogP contribution in [0.5, 0.6) is 0 Å². The molecule has 0 aromatic carbocycles. The lowest BCUT2D eigenvalue weighted by atomic mass is 10.1. The molecule has 0 rings (SSSR count).